The van der Waals surface area contributed by atoms with Gasteiger partial charge in [-0.05, 0) is 31.2 Å². The molecule has 21 heavy (non-hydrogen) atoms. The molecule has 3 heteroatoms. The second-order valence-electron chi connectivity index (χ2n) is 5.86. The maximum absolute atomic E-state index is 9.62. The van der Waals surface area contributed by atoms with E-state index in [-0.39, 0.29) is 12.6 Å². The third-order valence-electron chi connectivity index (χ3n) is 4.20. The van der Waals surface area contributed by atoms with E-state index in [1.54, 1.807) is 0 Å². The number of anilines is 1. The summed E-state index contributed by atoms with van der Waals surface area (Å²) in [6, 6.07) is 15.7. The van der Waals surface area contributed by atoms with Crippen LogP contribution >= 0.6 is 0 Å². The minimum Gasteiger partial charge on any atom is -0.395 e. The van der Waals surface area contributed by atoms with Gasteiger partial charge in [0.25, 0.3) is 0 Å². The summed E-state index contributed by atoms with van der Waals surface area (Å²) < 4.78 is 0. The van der Waals surface area contributed by atoms with Crippen LogP contribution in [0.4, 0.5) is 5.69 Å². The lowest BCUT2D eigenvalue weighted by molar-refractivity contribution is 0.242. The molecule has 1 atom stereocenters. The van der Waals surface area contributed by atoms with Gasteiger partial charge in [-0.25, -0.2) is 0 Å². The van der Waals surface area contributed by atoms with Crippen LogP contribution in [-0.2, 0) is 0 Å². The van der Waals surface area contributed by atoms with Gasteiger partial charge in [-0.1, -0.05) is 36.4 Å². The number of likely N-dealkylation sites (N-methyl/N-ethyl adjacent to an activating group) is 1. The smallest absolute Gasteiger partial charge is 0.0602 e. The predicted octanol–water partition coefficient (Wildman–Crippen LogP) is 2.78. The van der Waals surface area contributed by atoms with Crippen molar-refractivity contribution in [2.45, 2.75) is 31.8 Å². The first-order valence-corrected chi connectivity index (χ1v) is 7.91. The zero-order valence-electron chi connectivity index (χ0n) is 12.6. The van der Waals surface area contributed by atoms with E-state index in [0.717, 1.165) is 13.1 Å². The van der Waals surface area contributed by atoms with Gasteiger partial charge < -0.3 is 15.3 Å². The van der Waals surface area contributed by atoms with Crippen molar-refractivity contribution < 1.29 is 5.11 Å². The maximum Gasteiger partial charge on any atom is 0.0602 e. The molecule has 1 unspecified atom stereocenters. The number of aliphatic hydroxyl groups excluding tert-OH is 1. The summed E-state index contributed by atoms with van der Waals surface area (Å²) in [7, 11) is 0. The molecule has 0 heterocycles. The van der Waals surface area contributed by atoms with Crippen LogP contribution in [0.3, 0.4) is 0 Å². The topological polar surface area (TPSA) is 35.5 Å². The van der Waals surface area contributed by atoms with Gasteiger partial charge in [-0.3, -0.25) is 0 Å². The summed E-state index contributed by atoms with van der Waals surface area (Å²) in [5.41, 5.74) is 1.26. The van der Waals surface area contributed by atoms with Crippen LogP contribution in [0.1, 0.15) is 19.8 Å². The molecule has 112 valence electrons. The predicted molar refractivity (Wildman–Crippen MR) is 88.9 cm³/mol. The summed E-state index contributed by atoms with van der Waals surface area (Å²) in [6.07, 6.45) is 2.49. The highest BCUT2D eigenvalue weighted by Crippen LogP contribution is 2.27. The molecular formula is C18H24N2O. The fourth-order valence-corrected chi connectivity index (χ4v) is 2.89. The number of hydrogen-bond donors (Lipinski definition) is 2. The third-order valence-corrected chi connectivity index (χ3v) is 4.20. The lowest BCUT2D eigenvalue weighted by atomic mass is 10.1. The Morgan fingerprint density at radius 2 is 1.95 bits per heavy atom. The van der Waals surface area contributed by atoms with Crippen molar-refractivity contribution >= 4 is 16.5 Å². The van der Waals surface area contributed by atoms with Crippen molar-refractivity contribution in [3.63, 3.8) is 0 Å². The molecule has 1 aliphatic carbocycles. The van der Waals surface area contributed by atoms with Crippen LogP contribution in [0.5, 0.6) is 0 Å². The Labute approximate surface area is 126 Å². The first kappa shape index (κ1) is 14.4. The lowest BCUT2D eigenvalue weighted by Gasteiger charge is -2.29. The van der Waals surface area contributed by atoms with Gasteiger partial charge in [0.15, 0.2) is 0 Å². The van der Waals surface area contributed by atoms with Crippen LogP contribution in [0.15, 0.2) is 42.5 Å². The standard InChI is InChI=1S/C18H24N2O/c1-2-20(12-16(13-21)19-15-10-11-15)18-9-5-7-14-6-3-4-8-17(14)18/h3-9,15-16,19,21H,2,10-13H2,1H3. The highest BCUT2D eigenvalue weighted by atomic mass is 16.3. The van der Waals surface area contributed by atoms with Crippen LogP contribution < -0.4 is 10.2 Å². The number of nitrogens with zero attached hydrogens (tertiary/aromatic N) is 1. The number of fused-ring (bicyclic) bond motifs is 1. The second-order valence-corrected chi connectivity index (χ2v) is 5.86. The first-order chi connectivity index (χ1) is 10.3. The molecule has 0 aromatic heterocycles. The summed E-state index contributed by atoms with van der Waals surface area (Å²) in [6.45, 7) is 4.15. The number of hydrogen-bond acceptors (Lipinski definition) is 3. The Morgan fingerprint density at radius 1 is 1.19 bits per heavy atom. The van der Waals surface area contributed by atoms with Crippen molar-refractivity contribution in [3.05, 3.63) is 42.5 Å². The first-order valence-electron chi connectivity index (χ1n) is 7.91. The highest BCUT2D eigenvalue weighted by Gasteiger charge is 2.25. The van der Waals surface area contributed by atoms with Crippen LogP contribution in [0.25, 0.3) is 10.8 Å². The number of aliphatic hydroxyl groups is 1. The monoisotopic (exact) mass is 284 g/mol. The molecule has 1 fully saturated rings. The van der Waals surface area contributed by atoms with E-state index >= 15 is 0 Å². The SMILES string of the molecule is CCN(CC(CO)NC1CC1)c1cccc2ccccc12. The average Bonchev–Trinajstić information content (AvgIpc) is 3.35. The Bertz CT molecular complexity index is 589. The molecule has 1 saturated carbocycles. The van der Waals surface area contributed by atoms with Gasteiger partial charge in [0.1, 0.15) is 0 Å². The van der Waals surface area contributed by atoms with Crippen molar-refractivity contribution in [3.8, 4) is 0 Å². The largest absolute Gasteiger partial charge is 0.395 e. The van der Waals surface area contributed by atoms with E-state index in [1.807, 2.05) is 0 Å². The normalized spacial score (nSPS) is 16.1. The molecule has 3 rings (SSSR count). The molecule has 0 spiro atoms. The number of rotatable bonds is 7. The Hall–Kier alpha value is -1.58. The molecule has 0 bridgehead atoms. The number of benzene rings is 2. The van der Waals surface area contributed by atoms with E-state index in [4.69, 9.17) is 0 Å². The van der Waals surface area contributed by atoms with Crippen LogP contribution in [0.2, 0.25) is 0 Å². The molecule has 2 N–H and O–H groups in total. The fourth-order valence-electron chi connectivity index (χ4n) is 2.89. The van der Waals surface area contributed by atoms with E-state index in [9.17, 15) is 5.11 Å². The zero-order valence-corrected chi connectivity index (χ0v) is 12.6. The zero-order chi connectivity index (χ0) is 14.7. The minimum absolute atomic E-state index is 0.149. The molecule has 0 radical (unpaired) electrons. The van der Waals surface area contributed by atoms with Crippen LogP contribution in [0, 0.1) is 0 Å². The summed E-state index contributed by atoms with van der Waals surface area (Å²) >= 11 is 0. The molecular weight excluding hydrogens is 260 g/mol. The average molecular weight is 284 g/mol. The quantitative estimate of drug-likeness (QED) is 0.820. The molecule has 2 aromatic rings. The summed E-state index contributed by atoms with van der Waals surface area (Å²) in [5.74, 6) is 0. The van der Waals surface area contributed by atoms with E-state index in [0.29, 0.717) is 6.04 Å². The van der Waals surface area contributed by atoms with Crippen molar-refractivity contribution in [1.82, 2.24) is 5.32 Å². The molecule has 0 aliphatic heterocycles. The lowest BCUT2D eigenvalue weighted by Crippen LogP contribution is -2.44. The number of nitrogens with one attached hydrogen (secondary N) is 1. The van der Waals surface area contributed by atoms with Gasteiger partial charge in [-0.2, -0.15) is 0 Å². The molecule has 1 aliphatic rings. The van der Waals surface area contributed by atoms with Crippen molar-refractivity contribution in [1.29, 1.82) is 0 Å². The molecule has 2 aromatic carbocycles. The van der Waals surface area contributed by atoms with E-state index in [1.165, 1.54) is 29.3 Å². The van der Waals surface area contributed by atoms with Crippen LogP contribution in [-0.4, -0.2) is 36.9 Å². The fraction of sp³-hybridized carbons (Fsp3) is 0.444. The Kier molecular flexibility index (Phi) is 4.42. The molecule has 0 saturated heterocycles. The molecule has 3 nitrogen and oxygen atoms in total. The van der Waals surface area contributed by atoms with Gasteiger partial charge in [0, 0.05) is 36.2 Å². The summed E-state index contributed by atoms with van der Waals surface area (Å²) in [4.78, 5) is 2.36. The Balaban J connectivity index is 1.83. The molecule has 0 amide bonds. The van der Waals surface area contributed by atoms with E-state index < -0.39 is 0 Å². The van der Waals surface area contributed by atoms with Gasteiger partial charge in [0.2, 0.25) is 0 Å². The third kappa shape index (κ3) is 3.36. The maximum atomic E-state index is 9.62. The van der Waals surface area contributed by atoms with Gasteiger partial charge in [0.05, 0.1) is 6.61 Å². The minimum atomic E-state index is 0.149. The second kappa shape index (κ2) is 6.46. The summed E-state index contributed by atoms with van der Waals surface area (Å²) in [5, 5.41) is 15.7. The highest BCUT2D eigenvalue weighted by molar-refractivity contribution is 5.94. The van der Waals surface area contributed by atoms with Crippen molar-refractivity contribution in [2.75, 3.05) is 24.6 Å². The van der Waals surface area contributed by atoms with Gasteiger partial charge in [-0.15, -0.1) is 0 Å². The van der Waals surface area contributed by atoms with E-state index in [2.05, 4.69) is 59.6 Å². The Morgan fingerprint density at radius 3 is 2.67 bits per heavy atom. The van der Waals surface area contributed by atoms with Crippen molar-refractivity contribution in [2.24, 2.45) is 0 Å². The van der Waals surface area contributed by atoms with Gasteiger partial charge >= 0.3 is 0 Å².